The number of ether oxygens (including phenoxy) is 1. The molecule has 7 nitrogen and oxygen atoms in total. The highest BCUT2D eigenvalue weighted by atomic mass is 32.1. The van der Waals surface area contributed by atoms with Gasteiger partial charge in [-0.3, -0.25) is 0 Å². The molecule has 136 valence electrons. The second-order valence-corrected chi connectivity index (χ2v) is 7.45. The summed E-state index contributed by atoms with van der Waals surface area (Å²) in [5.74, 6) is 0. The molecule has 0 aliphatic rings. The number of aryl methyl sites for hydroxylation is 1. The highest BCUT2D eigenvalue weighted by molar-refractivity contribution is 7.13. The molecule has 0 bridgehead atoms. The Hall–Kier alpha value is -2.92. The lowest BCUT2D eigenvalue weighted by atomic mass is 10.0. The number of carbonyl (C=O) groups is 2. The summed E-state index contributed by atoms with van der Waals surface area (Å²) < 4.78 is 5.12. The van der Waals surface area contributed by atoms with Crippen molar-refractivity contribution < 1.29 is 19.4 Å². The number of nitrogens with zero attached hydrogens (tertiary/aromatic N) is 3. The maximum atomic E-state index is 12.1. The molecule has 0 aliphatic carbocycles. The fourth-order valence-corrected chi connectivity index (χ4v) is 3.04. The van der Waals surface area contributed by atoms with Crippen LogP contribution in [0.4, 0.5) is 9.59 Å². The topological polar surface area (TPSA) is 104 Å². The summed E-state index contributed by atoms with van der Waals surface area (Å²) >= 11 is 1.46. The molecule has 8 heteroatoms. The van der Waals surface area contributed by atoms with Crippen LogP contribution in [-0.2, 0) is 11.3 Å². The van der Waals surface area contributed by atoms with E-state index in [0.29, 0.717) is 16.0 Å². The lowest BCUT2D eigenvalue weighted by Crippen LogP contribution is -2.39. The van der Waals surface area contributed by atoms with Crippen molar-refractivity contribution in [3.8, 4) is 16.5 Å². The average molecular weight is 373 g/mol. The van der Waals surface area contributed by atoms with E-state index >= 15 is 0 Å². The normalized spacial score (nSPS) is 10.9. The Balaban J connectivity index is 2.32. The molecule has 2 aromatic rings. The van der Waals surface area contributed by atoms with Crippen LogP contribution in [0.5, 0.6) is 0 Å². The van der Waals surface area contributed by atoms with E-state index in [1.807, 2.05) is 6.92 Å². The third kappa shape index (κ3) is 4.58. The molecule has 2 rings (SSSR count). The van der Waals surface area contributed by atoms with Crippen molar-refractivity contribution in [2.75, 3.05) is 0 Å². The molecular weight excluding hydrogens is 354 g/mol. The van der Waals surface area contributed by atoms with Crippen molar-refractivity contribution in [1.29, 1.82) is 5.26 Å². The second-order valence-electron chi connectivity index (χ2n) is 6.60. The predicted molar refractivity (Wildman–Crippen MR) is 96.8 cm³/mol. The van der Waals surface area contributed by atoms with E-state index in [4.69, 9.17) is 4.74 Å². The van der Waals surface area contributed by atoms with Crippen LogP contribution in [0.3, 0.4) is 0 Å². The summed E-state index contributed by atoms with van der Waals surface area (Å²) in [5, 5.41) is 18.8. The zero-order valence-electron chi connectivity index (χ0n) is 14.9. The Morgan fingerprint density at radius 3 is 2.58 bits per heavy atom. The quantitative estimate of drug-likeness (QED) is 0.855. The van der Waals surface area contributed by atoms with Gasteiger partial charge in [-0.05, 0) is 44.9 Å². The minimum Gasteiger partial charge on any atom is -0.465 e. The first kappa shape index (κ1) is 19.4. The van der Waals surface area contributed by atoms with Gasteiger partial charge in [-0.1, -0.05) is 12.1 Å². The Morgan fingerprint density at radius 2 is 2.08 bits per heavy atom. The summed E-state index contributed by atoms with van der Waals surface area (Å²) in [6.45, 7) is 6.56. The van der Waals surface area contributed by atoms with E-state index in [2.05, 4.69) is 11.1 Å². The molecule has 0 radical (unpaired) electrons. The van der Waals surface area contributed by atoms with E-state index in [1.54, 1.807) is 44.5 Å². The van der Waals surface area contributed by atoms with Crippen LogP contribution in [0.1, 0.15) is 37.6 Å². The molecule has 0 unspecified atom stereocenters. The number of nitriles is 1. The van der Waals surface area contributed by atoms with E-state index < -0.39 is 17.8 Å². The summed E-state index contributed by atoms with van der Waals surface area (Å²) in [4.78, 5) is 29.3. The molecule has 1 heterocycles. The largest absolute Gasteiger partial charge is 0.465 e. The number of carboxylic acid groups (broad SMARTS) is 1. The predicted octanol–water partition coefficient (Wildman–Crippen LogP) is 4.41. The van der Waals surface area contributed by atoms with Crippen molar-refractivity contribution in [1.82, 2.24) is 9.88 Å². The smallest absolute Gasteiger partial charge is 0.420 e. The third-order valence-corrected chi connectivity index (χ3v) is 4.39. The van der Waals surface area contributed by atoms with E-state index in [1.165, 1.54) is 11.3 Å². The number of amides is 2. The lowest BCUT2D eigenvalue weighted by Gasteiger charge is -2.24. The van der Waals surface area contributed by atoms with Crippen molar-refractivity contribution in [3.63, 3.8) is 0 Å². The summed E-state index contributed by atoms with van der Waals surface area (Å²) in [7, 11) is 0. The van der Waals surface area contributed by atoms with Gasteiger partial charge in [0.1, 0.15) is 5.60 Å². The lowest BCUT2D eigenvalue weighted by molar-refractivity contribution is 0.0255. The number of thiazole rings is 1. The molecule has 26 heavy (non-hydrogen) atoms. The van der Waals surface area contributed by atoms with Gasteiger partial charge in [0.05, 0.1) is 34.3 Å². The number of benzene rings is 1. The van der Waals surface area contributed by atoms with Crippen LogP contribution in [0, 0.1) is 18.3 Å². The van der Waals surface area contributed by atoms with Gasteiger partial charge in [-0.25, -0.2) is 19.5 Å². The van der Waals surface area contributed by atoms with Gasteiger partial charge >= 0.3 is 12.2 Å². The average Bonchev–Trinajstić information content (AvgIpc) is 2.96. The van der Waals surface area contributed by atoms with E-state index in [9.17, 15) is 20.0 Å². The highest BCUT2D eigenvalue weighted by Crippen LogP contribution is 2.29. The van der Waals surface area contributed by atoms with Crippen molar-refractivity contribution in [3.05, 3.63) is 40.5 Å². The first-order valence-electron chi connectivity index (χ1n) is 7.79. The maximum absolute atomic E-state index is 12.1. The number of carbonyl (C=O) groups excluding carboxylic acids is 1. The fraction of sp³-hybridized carbons (Fsp3) is 0.333. The van der Waals surface area contributed by atoms with Crippen LogP contribution < -0.4 is 0 Å². The summed E-state index contributed by atoms with van der Waals surface area (Å²) in [6, 6.07) is 7.16. The Morgan fingerprint density at radius 1 is 1.38 bits per heavy atom. The molecule has 0 fully saturated rings. The van der Waals surface area contributed by atoms with Gasteiger partial charge in [0.25, 0.3) is 0 Å². The molecule has 0 atom stereocenters. The van der Waals surface area contributed by atoms with Crippen LogP contribution >= 0.6 is 11.3 Å². The Bertz CT molecular complexity index is 877. The molecular formula is C18H19N3O4S. The van der Waals surface area contributed by atoms with Crippen LogP contribution in [0.15, 0.2) is 23.7 Å². The van der Waals surface area contributed by atoms with Gasteiger partial charge < -0.3 is 9.84 Å². The van der Waals surface area contributed by atoms with E-state index in [0.717, 1.165) is 16.1 Å². The number of aromatic nitrogens is 1. The molecule has 0 saturated carbocycles. The zero-order valence-corrected chi connectivity index (χ0v) is 15.8. The maximum Gasteiger partial charge on any atom is 0.420 e. The minimum atomic E-state index is -1.44. The number of imide groups is 1. The molecule has 2 amide bonds. The van der Waals surface area contributed by atoms with Gasteiger partial charge in [0, 0.05) is 0 Å². The fourth-order valence-electron chi connectivity index (χ4n) is 2.24. The van der Waals surface area contributed by atoms with Gasteiger partial charge in [-0.2, -0.15) is 5.26 Å². The SMILES string of the molecule is Cc1ncsc1-c1ccc(CN(C(=O)O)C(=O)OC(C)(C)C)c(C#N)c1. The van der Waals surface area contributed by atoms with Gasteiger partial charge in [0.15, 0.2) is 0 Å². The Kier molecular flexibility index (Phi) is 5.63. The standard InChI is InChI=1S/C18H19N3O4S/c1-11-15(26-10-20-11)12-5-6-13(14(7-12)8-19)9-21(16(22)23)17(24)25-18(2,3)4/h5-7,10H,9H2,1-4H3,(H,22,23). The molecule has 0 aliphatic heterocycles. The Labute approximate surface area is 155 Å². The molecule has 0 saturated heterocycles. The van der Waals surface area contributed by atoms with Gasteiger partial charge in [-0.15, -0.1) is 11.3 Å². The number of hydrogen-bond donors (Lipinski definition) is 1. The third-order valence-electron chi connectivity index (χ3n) is 3.41. The second kappa shape index (κ2) is 7.54. The highest BCUT2D eigenvalue weighted by Gasteiger charge is 2.28. The summed E-state index contributed by atoms with van der Waals surface area (Å²) in [6.07, 6.45) is -2.42. The zero-order chi connectivity index (χ0) is 19.5. The first-order valence-corrected chi connectivity index (χ1v) is 8.67. The van der Waals surface area contributed by atoms with Crippen molar-refractivity contribution >= 4 is 23.5 Å². The van der Waals surface area contributed by atoms with Crippen LogP contribution in [0.2, 0.25) is 0 Å². The van der Waals surface area contributed by atoms with Crippen LogP contribution in [0.25, 0.3) is 10.4 Å². The monoisotopic (exact) mass is 373 g/mol. The minimum absolute atomic E-state index is 0.269. The molecule has 1 N–H and O–H groups in total. The van der Waals surface area contributed by atoms with Crippen LogP contribution in [-0.4, -0.2) is 32.8 Å². The van der Waals surface area contributed by atoms with E-state index in [-0.39, 0.29) is 6.54 Å². The number of hydrogen-bond acceptors (Lipinski definition) is 6. The molecule has 1 aromatic carbocycles. The first-order chi connectivity index (χ1) is 12.1. The molecule has 0 spiro atoms. The van der Waals surface area contributed by atoms with Gasteiger partial charge in [0.2, 0.25) is 0 Å². The number of rotatable bonds is 3. The molecule has 1 aromatic heterocycles. The van der Waals surface area contributed by atoms with Crippen molar-refractivity contribution in [2.24, 2.45) is 0 Å². The van der Waals surface area contributed by atoms with Crippen molar-refractivity contribution in [2.45, 2.75) is 39.8 Å². The summed E-state index contributed by atoms with van der Waals surface area (Å²) in [5.41, 5.74) is 3.30.